The highest BCUT2D eigenvalue weighted by Crippen LogP contribution is 2.14. The molecule has 0 amide bonds. The molecule has 2 heteroatoms. The maximum atomic E-state index is 3.44. The van der Waals surface area contributed by atoms with Crippen molar-refractivity contribution >= 4 is 11.8 Å². The third-order valence-corrected chi connectivity index (χ3v) is 1.63. The van der Waals surface area contributed by atoms with E-state index in [0.717, 1.165) is 5.03 Å². The smallest absolute Gasteiger partial charge is 0.0770 e. The highest BCUT2D eigenvalue weighted by molar-refractivity contribution is 8.02. The third-order valence-electron chi connectivity index (χ3n) is 0.839. The van der Waals surface area contributed by atoms with Gasteiger partial charge in [-0.1, -0.05) is 18.3 Å². The fourth-order valence-corrected chi connectivity index (χ4v) is 0.996. The Bertz CT molecular complexity index is 207. The molecule has 0 atom stereocenters. The largest absolute Gasteiger partial charge is 0.356 e. The molecule has 1 N–H and O–H groups in total. The van der Waals surface area contributed by atoms with E-state index in [1.807, 2.05) is 23.7 Å². The lowest BCUT2D eigenvalue weighted by atomic mass is 10.7. The van der Waals surface area contributed by atoms with Gasteiger partial charge in [0.1, 0.15) is 0 Å². The second-order valence-electron chi connectivity index (χ2n) is 1.47. The topological polar surface area (TPSA) is 15.8 Å². The molecule has 0 fully saturated rings. The van der Waals surface area contributed by atoms with Gasteiger partial charge in [0.15, 0.2) is 0 Å². The highest BCUT2D eigenvalue weighted by Gasteiger charge is 1.84. The van der Waals surface area contributed by atoms with Gasteiger partial charge >= 0.3 is 0 Å². The van der Waals surface area contributed by atoms with Crippen LogP contribution < -0.4 is 0 Å². The average molecular weight is 137 g/mol. The first-order valence-electron chi connectivity index (χ1n) is 2.58. The summed E-state index contributed by atoms with van der Waals surface area (Å²) in [5.74, 6) is 0. The predicted octanol–water partition coefficient (Wildman–Crippen LogP) is 2.41. The van der Waals surface area contributed by atoms with Crippen molar-refractivity contribution in [3.8, 4) is 0 Å². The van der Waals surface area contributed by atoms with Crippen LogP contribution in [0, 0.1) is 0 Å². The number of H-pyrrole nitrogens is 1. The summed E-state index contributed by atoms with van der Waals surface area (Å²) in [4.78, 5) is 3.04. The third kappa shape index (κ3) is 1.84. The molecule has 9 heavy (non-hydrogen) atoms. The van der Waals surface area contributed by atoms with E-state index in [0.29, 0.717) is 0 Å². The van der Waals surface area contributed by atoms with E-state index in [1.165, 1.54) is 0 Å². The molecule has 0 aromatic carbocycles. The number of hydrogen-bond acceptors (Lipinski definition) is 1. The average Bonchev–Trinajstić information content (AvgIpc) is 2.34. The van der Waals surface area contributed by atoms with Crippen molar-refractivity contribution in [1.82, 2.24) is 4.98 Å². The Morgan fingerprint density at radius 2 is 2.67 bits per heavy atom. The number of aromatic nitrogens is 1. The maximum Gasteiger partial charge on any atom is 0.0770 e. The van der Waals surface area contributed by atoms with Crippen molar-refractivity contribution < 1.29 is 0 Å². The minimum Gasteiger partial charge on any atom is -0.356 e. The monoisotopic (exact) mass is 137 g/mol. The lowest BCUT2D eigenvalue weighted by Crippen LogP contribution is -1.59. The molecule has 0 saturated heterocycles. The SMILES string of the molecule is C=C=CSc1ccc[nH]1. The minimum absolute atomic E-state index is 1.12. The van der Waals surface area contributed by atoms with E-state index in [4.69, 9.17) is 0 Å². The second kappa shape index (κ2) is 3.23. The number of thioether (sulfide) groups is 1. The van der Waals surface area contributed by atoms with Gasteiger partial charge in [-0.05, 0) is 12.1 Å². The van der Waals surface area contributed by atoms with Crippen molar-refractivity contribution in [1.29, 1.82) is 0 Å². The van der Waals surface area contributed by atoms with E-state index >= 15 is 0 Å². The predicted molar refractivity (Wildman–Crippen MR) is 40.4 cm³/mol. The Morgan fingerprint density at radius 3 is 3.22 bits per heavy atom. The summed E-state index contributed by atoms with van der Waals surface area (Å²) in [7, 11) is 0. The molecule has 0 aliphatic heterocycles. The summed E-state index contributed by atoms with van der Waals surface area (Å²) in [5, 5.41) is 2.93. The normalized spacial score (nSPS) is 8.44. The number of aromatic amines is 1. The maximum absolute atomic E-state index is 3.44. The van der Waals surface area contributed by atoms with Crippen molar-refractivity contribution in [2.45, 2.75) is 5.03 Å². The van der Waals surface area contributed by atoms with Crippen molar-refractivity contribution in [3.05, 3.63) is 36.0 Å². The van der Waals surface area contributed by atoms with Gasteiger partial charge in [-0.25, -0.2) is 0 Å². The Labute approximate surface area is 58.5 Å². The van der Waals surface area contributed by atoms with Crippen LogP contribution in [0.5, 0.6) is 0 Å². The molecule has 1 heterocycles. The summed E-state index contributed by atoms with van der Waals surface area (Å²) in [6, 6.07) is 3.96. The minimum atomic E-state index is 1.12. The van der Waals surface area contributed by atoms with E-state index in [9.17, 15) is 0 Å². The summed E-state index contributed by atoms with van der Waals surface area (Å²) in [5.41, 5.74) is 2.67. The summed E-state index contributed by atoms with van der Waals surface area (Å²) in [6.07, 6.45) is 1.89. The van der Waals surface area contributed by atoms with Gasteiger partial charge in [0.05, 0.1) is 5.03 Å². The molecule has 1 aromatic heterocycles. The van der Waals surface area contributed by atoms with Crippen LogP contribution >= 0.6 is 11.8 Å². The number of nitrogens with one attached hydrogen (secondary N) is 1. The van der Waals surface area contributed by atoms with Crippen LogP contribution in [0.2, 0.25) is 0 Å². The van der Waals surface area contributed by atoms with Crippen LogP contribution in [0.1, 0.15) is 0 Å². The number of hydrogen-bond donors (Lipinski definition) is 1. The quantitative estimate of drug-likeness (QED) is 0.489. The zero-order valence-electron chi connectivity index (χ0n) is 4.92. The van der Waals surface area contributed by atoms with E-state index in [-0.39, 0.29) is 0 Å². The molecular formula is C7H7NS. The molecule has 0 radical (unpaired) electrons. The van der Waals surface area contributed by atoms with Gasteiger partial charge in [-0.2, -0.15) is 0 Å². The van der Waals surface area contributed by atoms with E-state index in [2.05, 4.69) is 17.3 Å². The summed E-state index contributed by atoms with van der Waals surface area (Å²) >= 11 is 1.57. The second-order valence-corrected chi connectivity index (χ2v) is 2.39. The lowest BCUT2D eigenvalue weighted by Gasteiger charge is -1.83. The standard InChI is InChI=1S/C7H7NS/c1-2-6-9-7-4-3-5-8-7/h3-6,8H,1H2. The van der Waals surface area contributed by atoms with Crippen LogP contribution in [-0.4, -0.2) is 4.98 Å². The zero-order chi connectivity index (χ0) is 6.53. The molecule has 1 aromatic rings. The van der Waals surface area contributed by atoms with Gasteiger partial charge in [-0.3, -0.25) is 0 Å². The first-order valence-corrected chi connectivity index (χ1v) is 3.46. The molecule has 0 bridgehead atoms. The van der Waals surface area contributed by atoms with Gasteiger partial charge in [0.25, 0.3) is 0 Å². The molecule has 0 spiro atoms. The van der Waals surface area contributed by atoms with Gasteiger partial charge in [0.2, 0.25) is 0 Å². The van der Waals surface area contributed by atoms with Gasteiger partial charge < -0.3 is 4.98 Å². The van der Waals surface area contributed by atoms with Crippen molar-refractivity contribution in [3.63, 3.8) is 0 Å². The number of rotatable bonds is 2. The molecule has 1 rings (SSSR count). The Kier molecular flexibility index (Phi) is 2.25. The summed E-state index contributed by atoms with van der Waals surface area (Å²) in [6.45, 7) is 3.44. The van der Waals surface area contributed by atoms with Crippen molar-refractivity contribution in [2.75, 3.05) is 0 Å². The molecule has 0 aliphatic carbocycles. The molecule has 1 nitrogen and oxygen atoms in total. The van der Waals surface area contributed by atoms with Gasteiger partial charge in [0, 0.05) is 11.6 Å². The highest BCUT2D eigenvalue weighted by atomic mass is 32.2. The molecule has 0 unspecified atom stereocenters. The zero-order valence-corrected chi connectivity index (χ0v) is 5.74. The molecule has 46 valence electrons. The molecular weight excluding hydrogens is 130 g/mol. The first kappa shape index (κ1) is 6.27. The Morgan fingerprint density at radius 1 is 1.78 bits per heavy atom. The fraction of sp³-hybridized carbons (Fsp3) is 0. The molecule has 0 saturated carbocycles. The van der Waals surface area contributed by atoms with Gasteiger partial charge in [-0.15, -0.1) is 5.73 Å². The summed E-state index contributed by atoms with van der Waals surface area (Å²) < 4.78 is 0. The van der Waals surface area contributed by atoms with E-state index < -0.39 is 0 Å². The Balaban J connectivity index is 2.57. The fourth-order valence-electron chi connectivity index (χ4n) is 0.492. The van der Waals surface area contributed by atoms with Crippen LogP contribution in [0.3, 0.4) is 0 Å². The van der Waals surface area contributed by atoms with Crippen LogP contribution in [-0.2, 0) is 0 Å². The Hall–Kier alpha value is -0.850. The van der Waals surface area contributed by atoms with E-state index in [1.54, 1.807) is 11.8 Å². The van der Waals surface area contributed by atoms with Crippen LogP contribution in [0.25, 0.3) is 0 Å². The molecule has 0 aliphatic rings. The van der Waals surface area contributed by atoms with Crippen LogP contribution in [0.15, 0.2) is 41.1 Å². The lowest BCUT2D eigenvalue weighted by molar-refractivity contribution is 1.21. The van der Waals surface area contributed by atoms with Crippen LogP contribution in [0.4, 0.5) is 0 Å². The first-order chi connectivity index (χ1) is 4.43. The van der Waals surface area contributed by atoms with Crippen molar-refractivity contribution in [2.24, 2.45) is 0 Å².